The van der Waals surface area contributed by atoms with Gasteiger partial charge in [0.25, 0.3) is 11.5 Å². The molecule has 0 unspecified atom stereocenters. The van der Waals surface area contributed by atoms with Gasteiger partial charge in [-0.1, -0.05) is 60.7 Å². The second kappa shape index (κ2) is 11.0. The van der Waals surface area contributed by atoms with Crippen LogP contribution in [0.2, 0.25) is 0 Å². The fourth-order valence-corrected chi connectivity index (χ4v) is 8.13. The van der Waals surface area contributed by atoms with Crippen LogP contribution in [0.25, 0.3) is 10.9 Å². The number of alkyl halides is 1. The number of carbonyl (C=O) groups is 2. The van der Waals surface area contributed by atoms with Gasteiger partial charge in [-0.2, -0.15) is 0 Å². The van der Waals surface area contributed by atoms with Crippen molar-refractivity contribution >= 4 is 46.1 Å². The predicted molar refractivity (Wildman–Crippen MR) is 173 cm³/mol. The maximum atomic E-state index is 14.4. The maximum Gasteiger partial charge on any atom is 0.412 e. The van der Waals surface area contributed by atoms with Crippen LogP contribution in [0.15, 0.2) is 88.6 Å². The molecule has 1 aromatic heterocycles. The van der Waals surface area contributed by atoms with Gasteiger partial charge in [-0.05, 0) is 55.5 Å². The number of aromatic nitrogens is 2. The molecular weight excluding hydrogens is 606 g/mol. The average Bonchev–Trinajstić information content (AvgIpc) is 3.53. The number of para-hydroxylation sites is 2. The summed E-state index contributed by atoms with van der Waals surface area (Å²) in [6, 6.07) is 22.4. The summed E-state index contributed by atoms with van der Waals surface area (Å²) in [5.41, 5.74) is 1.92. The standard InChI is InChI=1S/C35H32ClN5O5/c1-2-45-30-27-19-35(28(38-30)29-37-24-15-8-6-13-22(24)31(42)39(27)29)23-14-7-9-16-25(23)40-32(43)26(17-10-18-36)41(33(35)40)34(44)46-20-21-11-4-3-5-12-21/h3-9,11-16,26-28,33H,2,10,17-20H2,1H3/t26-,27-,28+,33-,35+/m0/s1. The molecule has 0 aliphatic carbocycles. The van der Waals surface area contributed by atoms with E-state index in [0.717, 1.165) is 16.8 Å². The molecule has 3 aromatic carbocycles. The van der Waals surface area contributed by atoms with Crippen LogP contribution < -0.4 is 10.5 Å². The minimum atomic E-state index is -0.930. The molecule has 10 nitrogen and oxygen atoms in total. The molecule has 9 rings (SSSR count). The lowest BCUT2D eigenvalue weighted by molar-refractivity contribution is -0.119. The summed E-state index contributed by atoms with van der Waals surface area (Å²) in [5.74, 6) is 1.12. The Morgan fingerprint density at radius 3 is 2.59 bits per heavy atom. The maximum absolute atomic E-state index is 14.4. The molecular formula is C35H32ClN5O5. The zero-order chi connectivity index (χ0) is 31.6. The fraction of sp³-hybridized carbons (Fsp3) is 0.343. The Hall–Kier alpha value is -4.70. The lowest BCUT2D eigenvalue weighted by Gasteiger charge is -2.51. The minimum Gasteiger partial charge on any atom is -0.480 e. The average molecular weight is 638 g/mol. The van der Waals surface area contributed by atoms with E-state index in [1.807, 2.05) is 79.7 Å². The lowest BCUT2D eigenvalue weighted by Crippen LogP contribution is -2.61. The van der Waals surface area contributed by atoms with E-state index in [-0.39, 0.29) is 18.1 Å². The van der Waals surface area contributed by atoms with Gasteiger partial charge < -0.3 is 9.47 Å². The summed E-state index contributed by atoms with van der Waals surface area (Å²) in [7, 11) is 0. The van der Waals surface area contributed by atoms with Gasteiger partial charge in [0.05, 0.1) is 22.9 Å². The molecule has 4 aromatic rings. The topological polar surface area (TPSA) is 106 Å². The van der Waals surface area contributed by atoms with Gasteiger partial charge in [-0.15, -0.1) is 11.6 Å². The van der Waals surface area contributed by atoms with Crippen molar-refractivity contribution in [3.8, 4) is 0 Å². The molecule has 5 aliphatic heterocycles. The number of ether oxygens (including phenoxy) is 2. The Bertz CT molecular complexity index is 1960. The summed E-state index contributed by atoms with van der Waals surface area (Å²) in [6.07, 6.45) is -0.0536. The quantitative estimate of drug-likeness (QED) is 0.259. The highest BCUT2D eigenvalue weighted by atomic mass is 35.5. The monoisotopic (exact) mass is 637 g/mol. The van der Waals surface area contributed by atoms with E-state index in [0.29, 0.717) is 54.4 Å². The first-order chi connectivity index (χ1) is 22.5. The highest BCUT2D eigenvalue weighted by Crippen LogP contribution is 2.63. The number of carbonyl (C=O) groups excluding carboxylic acids is 2. The molecule has 0 radical (unpaired) electrons. The molecule has 1 saturated heterocycles. The number of nitrogens with zero attached hydrogens (tertiary/aromatic N) is 5. The van der Waals surface area contributed by atoms with Crippen molar-refractivity contribution in [2.75, 3.05) is 17.4 Å². The first-order valence-corrected chi connectivity index (χ1v) is 16.2. The Morgan fingerprint density at radius 1 is 1.02 bits per heavy atom. The Labute approximate surface area is 270 Å². The number of benzene rings is 3. The summed E-state index contributed by atoms with van der Waals surface area (Å²) in [4.78, 5) is 56.3. The third-order valence-electron chi connectivity index (χ3n) is 9.76. The molecule has 2 amide bonds. The van der Waals surface area contributed by atoms with Crippen molar-refractivity contribution in [2.45, 2.75) is 62.5 Å². The number of rotatable bonds is 6. The molecule has 11 heteroatoms. The minimum absolute atomic E-state index is 0.0593. The van der Waals surface area contributed by atoms with E-state index < -0.39 is 35.8 Å². The van der Waals surface area contributed by atoms with Crippen LogP contribution >= 0.6 is 11.6 Å². The Balaban J connectivity index is 1.33. The molecule has 46 heavy (non-hydrogen) atoms. The Kier molecular flexibility index (Phi) is 6.86. The normalized spacial score (nSPS) is 25.4. The van der Waals surface area contributed by atoms with Crippen LogP contribution in [0.1, 0.15) is 55.2 Å². The second-order valence-corrected chi connectivity index (χ2v) is 12.5. The van der Waals surface area contributed by atoms with Gasteiger partial charge in [0.15, 0.2) is 0 Å². The molecule has 5 atom stereocenters. The third kappa shape index (κ3) is 3.98. The van der Waals surface area contributed by atoms with Gasteiger partial charge in [0, 0.05) is 11.6 Å². The van der Waals surface area contributed by atoms with Crippen LogP contribution in [0, 0.1) is 0 Å². The van der Waals surface area contributed by atoms with E-state index in [2.05, 4.69) is 0 Å². The van der Waals surface area contributed by atoms with Crippen molar-refractivity contribution in [1.82, 2.24) is 14.5 Å². The lowest BCUT2D eigenvalue weighted by atomic mass is 9.65. The Morgan fingerprint density at radius 2 is 1.78 bits per heavy atom. The molecule has 234 valence electrons. The predicted octanol–water partition coefficient (Wildman–Crippen LogP) is 5.48. The summed E-state index contributed by atoms with van der Waals surface area (Å²) in [5, 5.41) is 0.514. The highest BCUT2D eigenvalue weighted by molar-refractivity contribution is 6.17. The fourth-order valence-electron chi connectivity index (χ4n) is 7.97. The van der Waals surface area contributed by atoms with Crippen molar-refractivity contribution in [3.63, 3.8) is 0 Å². The number of aliphatic imine (C=N–C) groups is 1. The SMILES string of the molecule is CCOC1=N[C@@H]2c3nc4ccccc4c(=O)n3[C@H]1C[C@@]21c2ccccc2N2C(=O)[C@H](CCCCl)N(C(=O)OCc3ccccc3)[C@H]21. The van der Waals surface area contributed by atoms with Crippen LogP contribution in [0.5, 0.6) is 0 Å². The molecule has 2 bridgehead atoms. The number of fused-ring (bicyclic) bond motifs is 4. The van der Waals surface area contributed by atoms with Gasteiger partial charge >= 0.3 is 6.09 Å². The summed E-state index contributed by atoms with van der Waals surface area (Å²) < 4.78 is 13.7. The molecule has 5 aliphatic rings. The molecule has 0 saturated carbocycles. The van der Waals surface area contributed by atoms with E-state index in [9.17, 15) is 14.4 Å². The van der Waals surface area contributed by atoms with E-state index in [4.69, 9.17) is 31.1 Å². The number of halogens is 1. The summed E-state index contributed by atoms with van der Waals surface area (Å²) in [6.45, 7) is 2.32. The first-order valence-electron chi connectivity index (χ1n) is 15.7. The molecule has 6 heterocycles. The smallest absolute Gasteiger partial charge is 0.412 e. The van der Waals surface area contributed by atoms with E-state index in [1.165, 1.54) is 0 Å². The van der Waals surface area contributed by atoms with Crippen molar-refractivity contribution in [1.29, 1.82) is 0 Å². The van der Waals surface area contributed by atoms with Crippen LogP contribution in [0.4, 0.5) is 10.5 Å². The zero-order valence-electron chi connectivity index (χ0n) is 25.2. The van der Waals surface area contributed by atoms with Gasteiger partial charge in [0.1, 0.15) is 36.7 Å². The van der Waals surface area contributed by atoms with Crippen LogP contribution in [0.3, 0.4) is 0 Å². The third-order valence-corrected chi connectivity index (χ3v) is 10.0. The van der Waals surface area contributed by atoms with Gasteiger partial charge in [-0.3, -0.25) is 24.0 Å². The number of amides is 2. The first kappa shape index (κ1) is 28.8. The molecule has 1 fully saturated rings. The number of hydrogen-bond acceptors (Lipinski definition) is 7. The van der Waals surface area contributed by atoms with Gasteiger partial charge in [-0.25, -0.2) is 14.8 Å². The highest BCUT2D eigenvalue weighted by Gasteiger charge is 2.70. The largest absolute Gasteiger partial charge is 0.480 e. The van der Waals surface area contributed by atoms with E-state index in [1.54, 1.807) is 20.4 Å². The van der Waals surface area contributed by atoms with Crippen molar-refractivity contribution in [3.05, 3.63) is 106 Å². The molecule has 0 N–H and O–H groups in total. The van der Waals surface area contributed by atoms with E-state index >= 15 is 0 Å². The van der Waals surface area contributed by atoms with Crippen LogP contribution in [-0.2, 0) is 26.3 Å². The van der Waals surface area contributed by atoms with Crippen LogP contribution in [-0.4, -0.2) is 57.0 Å². The number of hydrogen-bond donors (Lipinski definition) is 0. The van der Waals surface area contributed by atoms with Crippen molar-refractivity contribution in [2.24, 2.45) is 4.99 Å². The molecule has 1 spiro atoms. The van der Waals surface area contributed by atoms with Crippen molar-refractivity contribution < 1.29 is 19.1 Å². The number of anilines is 1. The zero-order valence-corrected chi connectivity index (χ0v) is 26.0. The second-order valence-electron chi connectivity index (χ2n) is 12.1. The summed E-state index contributed by atoms with van der Waals surface area (Å²) >= 11 is 6.12. The van der Waals surface area contributed by atoms with Gasteiger partial charge in [0.2, 0.25) is 5.90 Å².